The molecule has 108 valence electrons. The van der Waals surface area contributed by atoms with Crippen molar-refractivity contribution >= 4 is 21.7 Å². The van der Waals surface area contributed by atoms with Gasteiger partial charge in [-0.25, -0.2) is 23.5 Å². The Morgan fingerprint density at radius 2 is 1.95 bits per heavy atom. The maximum absolute atomic E-state index is 12.3. The fourth-order valence-electron chi connectivity index (χ4n) is 2.05. The van der Waals surface area contributed by atoms with Crippen LogP contribution in [-0.4, -0.2) is 28.6 Å². The van der Waals surface area contributed by atoms with Crippen molar-refractivity contribution in [3.05, 3.63) is 47.9 Å². The first-order valence-corrected chi connectivity index (χ1v) is 7.41. The fourth-order valence-corrected chi connectivity index (χ4v) is 3.59. The quantitative estimate of drug-likeness (QED) is 0.610. The number of anilines is 1. The zero-order valence-corrected chi connectivity index (χ0v) is 11.5. The van der Waals surface area contributed by atoms with E-state index in [1.54, 1.807) is 12.1 Å². The zero-order valence-electron chi connectivity index (χ0n) is 10.7. The minimum atomic E-state index is -3.83. The first-order valence-electron chi connectivity index (χ1n) is 5.97. The average molecular weight is 305 g/mol. The monoisotopic (exact) mass is 305 g/mol. The van der Waals surface area contributed by atoms with E-state index in [2.05, 4.69) is 15.4 Å². The van der Waals surface area contributed by atoms with Gasteiger partial charge in [-0.3, -0.25) is 9.78 Å². The summed E-state index contributed by atoms with van der Waals surface area (Å²) in [6, 6.07) is 6.10. The predicted molar refractivity (Wildman–Crippen MR) is 73.3 cm³/mol. The Labute approximate surface area is 120 Å². The van der Waals surface area contributed by atoms with E-state index in [0.717, 1.165) is 4.31 Å². The van der Waals surface area contributed by atoms with Gasteiger partial charge >= 0.3 is 0 Å². The van der Waals surface area contributed by atoms with Gasteiger partial charge in [0.2, 0.25) is 0 Å². The molecule has 8 nitrogen and oxygen atoms in total. The highest BCUT2D eigenvalue weighted by Crippen LogP contribution is 2.30. The number of carbonyl (C=O) groups excluding carboxylic acids is 1. The molecule has 2 heterocycles. The Bertz CT molecular complexity index is 804. The van der Waals surface area contributed by atoms with E-state index >= 15 is 0 Å². The SMILES string of the molecule is NNc1cnc(CN2C(=O)c3ccccc3S2(=O)=O)cn1. The second-order valence-corrected chi connectivity index (χ2v) is 6.18. The van der Waals surface area contributed by atoms with Crippen LogP contribution in [0.25, 0.3) is 0 Å². The molecule has 9 heteroatoms. The van der Waals surface area contributed by atoms with E-state index in [1.807, 2.05) is 0 Å². The van der Waals surface area contributed by atoms with Crippen molar-refractivity contribution in [3.8, 4) is 0 Å². The summed E-state index contributed by atoms with van der Waals surface area (Å²) in [5, 5.41) is 0. The van der Waals surface area contributed by atoms with Crippen molar-refractivity contribution in [2.45, 2.75) is 11.4 Å². The summed E-state index contributed by atoms with van der Waals surface area (Å²) in [6.07, 6.45) is 2.72. The molecule has 0 bridgehead atoms. The number of benzene rings is 1. The van der Waals surface area contributed by atoms with Gasteiger partial charge in [0.1, 0.15) is 4.90 Å². The molecule has 1 aliphatic heterocycles. The molecule has 1 aliphatic rings. The van der Waals surface area contributed by atoms with E-state index in [4.69, 9.17) is 5.84 Å². The minimum absolute atomic E-state index is 0.0169. The van der Waals surface area contributed by atoms with Gasteiger partial charge in [-0.1, -0.05) is 12.1 Å². The highest BCUT2D eigenvalue weighted by atomic mass is 32.2. The van der Waals surface area contributed by atoms with Gasteiger partial charge in [0, 0.05) is 0 Å². The zero-order chi connectivity index (χ0) is 15.0. The molecule has 0 aliphatic carbocycles. The van der Waals surface area contributed by atoms with Gasteiger partial charge in [-0.05, 0) is 12.1 Å². The van der Waals surface area contributed by atoms with Gasteiger partial charge in [0.15, 0.2) is 5.82 Å². The number of hydrogen-bond acceptors (Lipinski definition) is 7. The molecule has 21 heavy (non-hydrogen) atoms. The highest BCUT2D eigenvalue weighted by molar-refractivity contribution is 7.90. The van der Waals surface area contributed by atoms with Crippen molar-refractivity contribution in [3.63, 3.8) is 0 Å². The average Bonchev–Trinajstić information content (AvgIpc) is 2.70. The molecule has 0 unspecified atom stereocenters. The lowest BCUT2D eigenvalue weighted by Gasteiger charge is -2.14. The molecule has 1 amide bonds. The van der Waals surface area contributed by atoms with Crippen molar-refractivity contribution < 1.29 is 13.2 Å². The molecule has 0 saturated carbocycles. The molecule has 0 spiro atoms. The van der Waals surface area contributed by atoms with Crippen LogP contribution in [0, 0.1) is 0 Å². The Balaban J connectivity index is 1.95. The van der Waals surface area contributed by atoms with Crippen LogP contribution in [0.3, 0.4) is 0 Å². The number of fused-ring (bicyclic) bond motifs is 1. The molecule has 0 fully saturated rings. The van der Waals surface area contributed by atoms with Gasteiger partial charge in [0.05, 0.1) is 30.2 Å². The molecule has 1 aromatic heterocycles. The van der Waals surface area contributed by atoms with Crippen LogP contribution in [0.1, 0.15) is 16.1 Å². The summed E-state index contributed by atoms with van der Waals surface area (Å²) in [5.41, 5.74) is 2.83. The van der Waals surface area contributed by atoms with Crippen LogP contribution in [-0.2, 0) is 16.6 Å². The molecule has 0 radical (unpaired) electrons. The van der Waals surface area contributed by atoms with E-state index in [-0.39, 0.29) is 17.0 Å². The second kappa shape index (κ2) is 4.79. The Hall–Kier alpha value is -2.52. The molecule has 3 N–H and O–H groups in total. The number of amides is 1. The summed E-state index contributed by atoms with van der Waals surface area (Å²) >= 11 is 0. The normalized spacial score (nSPS) is 15.9. The van der Waals surface area contributed by atoms with Gasteiger partial charge in [-0.2, -0.15) is 0 Å². The third kappa shape index (κ3) is 2.12. The lowest BCUT2D eigenvalue weighted by atomic mass is 10.2. The predicted octanol–water partition coefficient (Wildman–Crippen LogP) is 0.107. The standard InChI is InChI=1S/C12H11N5O3S/c13-16-11-6-14-8(5-15-11)7-17-12(18)9-3-1-2-4-10(9)21(17,19)20/h1-6H,7,13H2,(H,15,16). The maximum Gasteiger partial charge on any atom is 0.269 e. The summed E-state index contributed by atoms with van der Waals surface area (Å²) in [7, 11) is -3.83. The van der Waals surface area contributed by atoms with E-state index in [9.17, 15) is 13.2 Å². The summed E-state index contributed by atoms with van der Waals surface area (Å²) in [5.74, 6) is 4.96. The lowest BCUT2D eigenvalue weighted by Crippen LogP contribution is -2.29. The van der Waals surface area contributed by atoms with Crippen LogP contribution >= 0.6 is 0 Å². The Morgan fingerprint density at radius 3 is 2.57 bits per heavy atom. The molecular formula is C12H11N5O3S. The number of hydrazine groups is 1. The molecular weight excluding hydrogens is 294 g/mol. The van der Waals surface area contributed by atoms with Crippen LogP contribution < -0.4 is 11.3 Å². The number of sulfonamides is 1. The van der Waals surface area contributed by atoms with Crippen molar-refractivity contribution in [2.75, 3.05) is 5.43 Å². The molecule has 2 aromatic rings. The minimum Gasteiger partial charge on any atom is -0.307 e. The van der Waals surface area contributed by atoms with Crippen molar-refractivity contribution in [1.29, 1.82) is 0 Å². The summed E-state index contributed by atoms with van der Waals surface area (Å²) in [6.45, 7) is -0.173. The smallest absolute Gasteiger partial charge is 0.269 e. The maximum atomic E-state index is 12.3. The van der Waals surface area contributed by atoms with Crippen molar-refractivity contribution in [1.82, 2.24) is 14.3 Å². The molecule has 0 saturated heterocycles. The lowest BCUT2D eigenvalue weighted by molar-refractivity contribution is 0.0864. The van der Waals surface area contributed by atoms with Crippen LogP contribution in [0.15, 0.2) is 41.6 Å². The number of nitrogen functional groups attached to an aromatic ring is 1. The number of hydrogen-bond donors (Lipinski definition) is 2. The third-order valence-corrected chi connectivity index (χ3v) is 4.86. The van der Waals surface area contributed by atoms with Gasteiger partial charge < -0.3 is 5.43 Å². The molecule has 1 aromatic carbocycles. The number of nitrogens with one attached hydrogen (secondary N) is 1. The number of carbonyl (C=O) groups is 1. The van der Waals surface area contributed by atoms with E-state index < -0.39 is 15.9 Å². The van der Waals surface area contributed by atoms with E-state index in [0.29, 0.717) is 11.5 Å². The van der Waals surface area contributed by atoms with Crippen molar-refractivity contribution in [2.24, 2.45) is 5.84 Å². The van der Waals surface area contributed by atoms with Crippen LogP contribution in [0.5, 0.6) is 0 Å². The van der Waals surface area contributed by atoms with Gasteiger partial charge in [0.25, 0.3) is 15.9 Å². The summed E-state index contributed by atoms with van der Waals surface area (Å²) < 4.78 is 25.5. The summed E-state index contributed by atoms with van der Waals surface area (Å²) in [4.78, 5) is 20.2. The third-order valence-electron chi connectivity index (χ3n) is 3.07. The number of rotatable bonds is 3. The molecule has 3 rings (SSSR count). The Kier molecular flexibility index (Phi) is 3.07. The van der Waals surface area contributed by atoms with Crippen LogP contribution in [0.2, 0.25) is 0 Å². The number of nitrogens with zero attached hydrogens (tertiary/aromatic N) is 3. The Morgan fingerprint density at radius 1 is 1.19 bits per heavy atom. The topological polar surface area (TPSA) is 118 Å². The number of aromatic nitrogens is 2. The van der Waals surface area contributed by atoms with Crippen LogP contribution in [0.4, 0.5) is 5.82 Å². The first kappa shape index (κ1) is 13.5. The molecule has 0 atom stereocenters. The second-order valence-electron chi connectivity index (χ2n) is 4.35. The largest absolute Gasteiger partial charge is 0.307 e. The highest BCUT2D eigenvalue weighted by Gasteiger charge is 2.40. The first-order chi connectivity index (χ1) is 10.0. The fraction of sp³-hybridized carbons (Fsp3) is 0.0833. The van der Waals surface area contributed by atoms with E-state index in [1.165, 1.54) is 24.5 Å². The number of nitrogens with two attached hydrogens (primary N) is 1. The van der Waals surface area contributed by atoms with Gasteiger partial charge in [-0.15, -0.1) is 0 Å².